The maximum Gasteiger partial charge on any atom is 0.0574 e. The second-order valence-electron chi connectivity index (χ2n) is 5.70. The van der Waals surface area contributed by atoms with Gasteiger partial charge in [0.2, 0.25) is 0 Å². The third kappa shape index (κ3) is 3.85. The Balaban J connectivity index is 2.28. The molecule has 112 valence electrons. The molecule has 0 amide bonds. The Morgan fingerprint density at radius 2 is 1.71 bits per heavy atom. The number of nitrogens with one attached hydrogen (secondary N) is 1. The molecule has 0 heterocycles. The third-order valence-electron chi connectivity index (χ3n) is 3.85. The van der Waals surface area contributed by atoms with Crippen molar-refractivity contribution >= 4 is 5.69 Å². The largest absolute Gasteiger partial charge is 0.378 e. The molecule has 2 nitrogen and oxygen atoms in total. The molecule has 1 N–H and O–H groups in total. The van der Waals surface area contributed by atoms with Crippen LogP contribution in [0, 0.1) is 0 Å². The summed E-state index contributed by atoms with van der Waals surface area (Å²) in [6.45, 7) is 2.22. The molecule has 0 aromatic heterocycles. The van der Waals surface area contributed by atoms with Crippen LogP contribution < -0.4 is 10.2 Å². The SMILES string of the molecule is CCCc1cccc(C(NC)c2ccc(N(C)C)cc2)c1. The maximum absolute atomic E-state index is 3.44. The molecule has 0 spiro atoms. The highest BCUT2D eigenvalue weighted by molar-refractivity contribution is 5.47. The van der Waals surface area contributed by atoms with Crippen molar-refractivity contribution in [3.63, 3.8) is 0 Å². The molecule has 0 fully saturated rings. The van der Waals surface area contributed by atoms with Crippen molar-refractivity contribution in [1.29, 1.82) is 0 Å². The van der Waals surface area contributed by atoms with Crippen molar-refractivity contribution in [1.82, 2.24) is 5.32 Å². The van der Waals surface area contributed by atoms with E-state index in [1.165, 1.54) is 28.8 Å². The molecule has 0 saturated carbocycles. The Morgan fingerprint density at radius 3 is 2.29 bits per heavy atom. The summed E-state index contributed by atoms with van der Waals surface area (Å²) in [5.41, 5.74) is 5.28. The van der Waals surface area contributed by atoms with Gasteiger partial charge in [0.15, 0.2) is 0 Å². The average Bonchev–Trinajstić information content (AvgIpc) is 2.49. The number of hydrogen-bond donors (Lipinski definition) is 1. The van der Waals surface area contributed by atoms with Gasteiger partial charge in [0.1, 0.15) is 0 Å². The van der Waals surface area contributed by atoms with Crippen molar-refractivity contribution in [2.24, 2.45) is 0 Å². The van der Waals surface area contributed by atoms with Gasteiger partial charge in [-0.3, -0.25) is 0 Å². The predicted octanol–water partition coefficient (Wildman–Crippen LogP) is 4.01. The number of rotatable bonds is 6. The quantitative estimate of drug-likeness (QED) is 0.861. The molecule has 1 unspecified atom stereocenters. The summed E-state index contributed by atoms with van der Waals surface area (Å²) < 4.78 is 0. The molecular formula is C19H26N2. The zero-order valence-electron chi connectivity index (χ0n) is 13.6. The van der Waals surface area contributed by atoms with Crippen LogP contribution in [-0.2, 0) is 6.42 Å². The molecule has 0 bridgehead atoms. The van der Waals surface area contributed by atoms with Crippen LogP contribution >= 0.6 is 0 Å². The van der Waals surface area contributed by atoms with Crippen LogP contribution in [0.4, 0.5) is 5.69 Å². The Morgan fingerprint density at radius 1 is 1.00 bits per heavy atom. The van der Waals surface area contributed by atoms with Crippen molar-refractivity contribution in [2.45, 2.75) is 25.8 Å². The fraction of sp³-hybridized carbons (Fsp3) is 0.368. The van der Waals surface area contributed by atoms with Gasteiger partial charge in [-0.2, -0.15) is 0 Å². The number of anilines is 1. The number of nitrogens with zero attached hydrogens (tertiary/aromatic N) is 1. The van der Waals surface area contributed by atoms with E-state index in [1.54, 1.807) is 0 Å². The molecule has 0 saturated heterocycles. The first-order valence-electron chi connectivity index (χ1n) is 7.69. The normalized spacial score (nSPS) is 12.2. The second kappa shape index (κ2) is 7.28. The first-order valence-corrected chi connectivity index (χ1v) is 7.69. The van der Waals surface area contributed by atoms with E-state index in [4.69, 9.17) is 0 Å². The molecule has 2 heteroatoms. The Labute approximate surface area is 128 Å². The predicted molar refractivity (Wildman–Crippen MR) is 92.1 cm³/mol. The lowest BCUT2D eigenvalue weighted by atomic mass is 9.96. The molecule has 2 rings (SSSR count). The molecule has 1 atom stereocenters. The summed E-state index contributed by atoms with van der Waals surface area (Å²) in [6, 6.07) is 17.9. The van der Waals surface area contributed by atoms with E-state index < -0.39 is 0 Å². The smallest absolute Gasteiger partial charge is 0.0574 e. The van der Waals surface area contributed by atoms with Crippen LogP contribution in [0.25, 0.3) is 0 Å². The van der Waals surface area contributed by atoms with Crippen molar-refractivity contribution < 1.29 is 0 Å². The van der Waals surface area contributed by atoms with E-state index in [1.807, 2.05) is 7.05 Å². The lowest BCUT2D eigenvalue weighted by molar-refractivity contribution is 0.690. The summed E-state index contributed by atoms with van der Waals surface area (Å²) >= 11 is 0. The molecule has 0 aliphatic carbocycles. The highest BCUT2D eigenvalue weighted by Gasteiger charge is 2.12. The van der Waals surface area contributed by atoms with Gasteiger partial charge in [-0.15, -0.1) is 0 Å². The average molecular weight is 282 g/mol. The maximum atomic E-state index is 3.44. The zero-order valence-corrected chi connectivity index (χ0v) is 13.6. The van der Waals surface area contributed by atoms with E-state index in [0.717, 1.165) is 6.42 Å². The molecule has 2 aromatic carbocycles. The van der Waals surface area contributed by atoms with E-state index in [0.29, 0.717) is 0 Å². The van der Waals surface area contributed by atoms with Gasteiger partial charge in [0, 0.05) is 19.8 Å². The minimum atomic E-state index is 0.248. The Kier molecular flexibility index (Phi) is 5.40. The summed E-state index contributed by atoms with van der Waals surface area (Å²) in [7, 11) is 6.16. The van der Waals surface area contributed by atoms with Crippen LogP contribution in [0.2, 0.25) is 0 Å². The molecule has 21 heavy (non-hydrogen) atoms. The van der Waals surface area contributed by atoms with Crippen LogP contribution in [0.1, 0.15) is 36.1 Å². The monoisotopic (exact) mass is 282 g/mol. The second-order valence-corrected chi connectivity index (χ2v) is 5.70. The molecule has 2 aromatic rings. The van der Waals surface area contributed by atoms with E-state index in [-0.39, 0.29) is 6.04 Å². The first kappa shape index (κ1) is 15.6. The highest BCUT2D eigenvalue weighted by atomic mass is 15.1. The van der Waals surface area contributed by atoms with Crippen molar-refractivity contribution in [3.05, 3.63) is 65.2 Å². The zero-order chi connectivity index (χ0) is 15.2. The van der Waals surface area contributed by atoms with E-state index >= 15 is 0 Å². The number of aryl methyl sites for hydroxylation is 1. The van der Waals surface area contributed by atoms with Gasteiger partial charge < -0.3 is 10.2 Å². The minimum absolute atomic E-state index is 0.248. The fourth-order valence-electron chi connectivity index (χ4n) is 2.71. The number of hydrogen-bond acceptors (Lipinski definition) is 2. The fourth-order valence-corrected chi connectivity index (χ4v) is 2.71. The lowest BCUT2D eigenvalue weighted by Crippen LogP contribution is -2.18. The molecular weight excluding hydrogens is 256 g/mol. The van der Waals surface area contributed by atoms with E-state index in [2.05, 4.69) is 79.8 Å². The van der Waals surface area contributed by atoms with E-state index in [9.17, 15) is 0 Å². The Bertz CT molecular complexity index is 558. The van der Waals surface area contributed by atoms with Gasteiger partial charge in [-0.05, 0) is 42.3 Å². The lowest BCUT2D eigenvalue weighted by Gasteiger charge is -2.20. The molecule has 0 aliphatic rings. The summed E-state index contributed by atoms with van der Waals surface area (Å²) in [4.78, 5) is 2.13. The first-order chi connectivity index (χ1) is 10.2. The Hall–Kier alpha value is -1.80. The summed E-state index contributed by atoms with van der Waals surface area (Å²) in [5, 5.41) is 3.44. The third-order valence-corrected chi connectivity index (χ3v) is 3.85. The summed E-state index contributed by atoms with van der Waals surface area (Å²) in [6.07, 6.45) is 2.33. The summed E-state index contributed by atoms with van der Waals surface area (Å²) in [5.74, 6) is 0. The standard InChI is InChI=1S/C19H26N2/c1-5-7-15-8-6-9-17(14-15)19(20-2)16-10-12-18(13-11-16)21(3)4/h6,8-14,19-20H,5,7H2,1-4H3. The van der Waals surface area contributed by atoms with Gasteiger partial charge >= 0.3 is 0 Å². The van der Waals surface area contributed by atoms with Gasteiger partial charge in [0.25, 0.3) is 0 Å². The van der Waals surface area contributed by atoms with Crippen LogP contribution in [0.3, 0.4) is 0 Å². The molecule has 0 aliphatic heterocycles. The van der Waals surface area contributed by atoms with Crippen LogP contribution in [-0.4, -0.2) is 21.1 Å². The minimum Gasteiger partial charge on any atom is -0.378 e. The highest BCUT2D eigenvalue weighted by Crippen LogP contribution is 2.24. The van der Waals surface area contributed by atoms with Crippen molar-refractivity contribution in [2.75, 3.05) is 26.0 Å². The topological polar surface area (TPSA) is 15.3 Å². The van der Waals surface area contributed by atoms with Gasteiger partial charge in [-0.25, -0.2) is 0 Å². The van der Waals surface area contributed by atoms with Crippen LogP contribution in [0.15, 0.2) is 48.5 Å². The van der Waals surface area contributed by atoms with Gasteiger partial charge in [0.05, 0.1) is 6.04 Å². The molecule has 0 radical (unpaired) electrons. The van der Waals surface area contributed by atoms with Crippen LogP contribution in [0.5, 0.6) is 0 Å². The van der Waals surface area contributed by atoms with Gasteiger partial charge in [-0.1, -0.05) is 49.7 Å². The van der Waals surface area contributed by atoms with Crippen molar-refractivity contribution in [3.8, 4) is 0 Å². The number of benzene rings is 2.